The highest BCUT2D eigenvalue weighted by atomic mass is 16.6. The summed E-state index contributed by atoms with van der Waals surface area (Å²) in [5.41, 5.74) is 0.738. The van der Waals surface area contributed by atoms with Crippen molar-refractivity contribution in [2.75, 3.05) is 10.2 Å². The molecule has 11 heteroatoms. The maximum Gasteiger partial charge on any atom is 0.270 e. The van der Waals surface area contributed by atoms with Gasteiger partial charge in [-0.3, -0.25) is 29.8 Å². The third kappa shape index (κ3) is 3.46. The summed E-state index contributed by atoms with van der Waals surface area (Å²) in [6, 6.07) is 20.2. The number of non-ortho nitro benzene ring substituents is 1. The van der Waals surface area contributed by atoms with Crippen LogP contribution in [0, 0.1) is 10.1 Å². The lowest BCUT2D eigenvalue weighted by Gasteiger charge is -2.13. The quantitative estimate of drug-likeness (QED) is 0.277. The second kappa shape index (κ2) is 8.06. The van der Waals surface area contributed by atoms with E-state index in [-0.39, 0.29) is 34.3 Å². The SMILES string of the molecule is O=C(Nc1nc(N2C(=O)c3ccccc3C2=O)n(-c2ccccc2)n1)c1cccc([N+](=O)[O-])c1. The van der Waals surface area contributed by atoms with Gasteiger partial charge in [-0.15, -0.1) is 5.10 Å². The van der Waals surface area contributed by atoms with Gasteiger partial charge in [0.2, 0.25) is 5.95 Å². The third-order valence-electron chi connectivity index (χ3n) is 5.13. The molecule has 2 heterocycles. The van der Waals surface area contributed by atoms with Crippen molar-refractivity contribution in [3.05, 3.63) is 106 Å². The number of hydrogen-bond donors (Lipinski definition) is 1. The Kier molecular flexibility index (Phi) is 4.90. The van der Waals surface area contributed by atoms with E-state index in [0.29, 0.717) is 5.69 Å². The van der Waals surface area contributed by atoms with E-state index in [1.54, 1.807) is 54.6 Å². The fourth-order valence-electron chi connectivity index (χ4n) is 3.55. The zero-order chi connectivity index (χ0) is 23.8. The first kappa shape index (κ1) is 20.7. The van der Waals surface area contributed by atoms with Crippen molar-refractivity contribution in [2.24, 2.45) is 0 Å². The molecule has 0 bridgehead atoms. The molecule has 1 aromatic heterocycles. The van der Waals surface area contributed by atoms with Gasteiger partial charge in [0.15, 0.2) is 0 Å². The van der Waals surface area contributed by atoms with Gasteiger partial charge >= 0.3 is 0 Å². The molecule has 3 amide bonds. The van der Waals surface area contributed by atoms with E-state index in [0.717, 1.165) is 11.0 Å². The molecule has 4 aromatic rings. The van der Waals surface area contributed by atoms with Crippen molar-refractivity contribution in [2.45, 2.75) is 0 Å². The number of nitro groups is 1. The lowest BCUT2D eigenvalue weighted by Crippen LogP contribution is -2.32. The number of rotatable bonds is 5. The van der Waals surface area contributed by atoms with Crippen molar-refractivity contribution in [1.29, 1.82) is 0 Å². The maximum atomic E-state index is 13.0. The van der Waals surface area contributed by atoms with Gasteiger partial charge in [0.05, 0.1) is 21.7 Å². The van der Waals surface area contributed by atoms with Crippen molar-refractivity contribution < 1.29 is 19.3 Å². The van der Waals surface area contributed by atoms with Gasteiger partial charge in [0.25, 0.3) is 29.4 Å². The number of carbonyl (C=O) groups excluding carboxylic acids is 3. The van der Waals surface area contributed by atoms with Crippen LogP contribution in [-0.2, 0) is 0 Å². The van der Waals surface area contributed by atoms with Gasteiger partial charge in [-0.1, -0.05) is 36.4 Å². The number of hydrogen-bond acceptors (Lipinski definition) is 7. The van der Waals surface area contributed by atoms with Crippen molar-refractivity contribution in [3.63, 3.8) is 0 Å². The molecule has 0 atom stereocenters. The van der Waals surface area contributed by atoms with Crippen LogP contribution in [0.4, 0.5) is 17.6 Å². The van der Waals surface area contributed by atoms with Crippen molar-refractivity contribution >= 4 is 35.3 Å². The molecule has 34 heavy (non-hydrogen) atoms. The monoisotopic (exact) mass is 454 g/mol. The highest BCUT2D eigenvalue weighted by molar-refractivity contribution is 6.34. The highest BCUT2D eigenvalue weighted by Gasteiger charge is 2.39. The zero-order valence-electron chi connectivity index (χ0n) is 17.3. The number of benzene rings is 3. The number of imide groups is 1. The molecule has 1 aliphatic heterocycles. The summed E-state index contributed by atoms with van der Waals surface area (Å²) in [7, 11) is 0. The maximum absolute atomic E-state index is 13.0. The van der Waals surface area contributed by atoms with Crippen LogP contribution >= 0.6 is 0 Å². The fourth-order valence-corrected chi connectivity index (χ4v) is 3.55. The molecular weight excluding hydrogens is 440 g/mol. The topological polar surface area (TPSA) is 140 Å². The second-order valence-electron chi connectivity index (χ2n) is 7.24. The Morgan fingerprint density at radius 3 is 2.18 bits per heavy atom. The summed E-state index contributed by atoms with van der Waals surface area (Å²) in [4.78, 5) is 54.3. The Hall–Kier alpha value is -5.19. The standard InChI is InChI=1S/C23H14N6O5/c30-19(14-7-6-10-16(13-14)29(33)34)24-22-25-23(28(26-22)15-8-2-1-3-9-15)27-20(31)17-11-4-5-12-18(17)21(27)32/h1-13H,(H,24,26,30). The normalized spacial score (nSPS) is 12.5. The molecule has 0 radical (unpaired) electrons. The Labute approximate surface area is 191 Å². The largest absolute Gasteiger partial charge is 0.289 e. The van der Waals surface area contributed by atoms with Gasteiger partial charge < -0.3 is 0 Å². The van der Waals surface area contributed by atoms with E-state index < -0.39 is 22.6 Å². The minimum absolute atomic E-state index is 0.0209. The number of fused-ring (bicyclic) bond motifs is 1. The van der Waals surface area contributed by atoms with Crippen LogP contribution in [0.5, 0.6) is 0 Å². The molecule has 1 aliphatic rings. The van der Waals surface area contributed by atoms with Crippen molar-refractivity contribution in [3.8, 4) is 5.69 Å². The Balaban J connectivity index is 1.55. The summed E-state index contributed by atoms with van der Waals surface area (Å²) in [6.07, 6.45) is 0. The molecule has 11 nitrogen and oxygen atoms in total. The molecule has 3 aromatic carbocycles. The summed E-state index contributed by atoms with van der Waals surface area (Å²) in [5.74, 6) is -2.12. The predicted molar refractivity (Wildman–Crippen MR) is 120 cm³/mol. The van der Waals surface area contributed by atoms with Crippen LogP contribution in [0.15, 0.2) is 78.9 Å². The van der Waals surface area contributed by atoms with Crippen LogP contribution in [0.1, 0.15) is 31.1 Å². The number of para-hydroxylation sites is 1. The number of aromatic nitrogens is 3. The summed E-state index contributed by atoms with van der Waals surface area (Å²) < 4.78 is 1.27. The third-order valence-corrected chi connectivity index (χ3v) is 5.13. The Bertz CT molecular complexity index is 1450. The minimum atomic E-state index is -0.692. The van der Waals surface area contributed by atoms with Crippen LogP contribution in [0.2, 0.25) is 0 Å². The van der Waals surface area contributed by atoms with Gasteiger partial charge in [-0.05, 0) is 30.3 Å². The van der Waals surface area contributed by atoms with E-state index >= 15 is 0 Å². The minimum Gasteiger partial charge on any atom is -0.289 e. The Morgan fingerprint density at radius 1 is 0.882 bits per heavy atom. The average molecular weight is 454 g/mol. The van der Waals surface area contributed by atoms with Gasteiger partial charge in [0, 0.05) is 17.7 Å². The molecule has 0 fully saturated rings. The molecule has 5 rings (SSSR count). The summed E-state index contributed by atoms with van der Waals surface area (Å²) in [5, 5.41) is 17.8. The average Bonchev–Trinajstić information content (AvgIpc) is 3.38. The van der Waals surface area contributed by atoms with Crippen LogP contribution in [0.25, 0.3) is 5.69 Å². The lowest BCUT2D eigenvalue weighted by molar-refractivity contribution is -0.384. The smallest absolute Gasteiger partial charge is 0.270 e. The van der Waals surface area contributed by atoms with E-state index in [2.05, 4.69) is 15.4 Å². The lowest BCUT2D eigenvalue weighted by atomic mass is 10.1. The zero-order valence-corrected chi connectivity index (χ0v) is 17.3. The molecular formula is C23H14N6O5. The predicted octanol–water partition coefficient (Wildman–Crippen LogP) is 3.23. The van der Waals surface area contributed by atoms with Crippen molar-refractivity contribution in [1.82, 2.24) is 14.8 Å². The van der Waals surface area contributed by atoms with Gasteiger partial charge in [-0.2, -0.15) is 9.67 Å². The number of amides is 3. The first-order valence-corrected chi connectivity index (χ1v) is 10.00. The molecule has 1 N–H and O–H groups in total. The molecule has 0 spiro atoms. The van der Waals surface area contributed by atoms with Gasteiger partial charge in [-0.25, -0.2) is 4.90 Å². The molecule has 0 saturated heterocycles. The summed E-state index contributed by atoms with van der Waals surface area (Å²) >= 11 is 0. The number of nitro benzene ring substituents is 1. The van der Waals surface area contributed by atoms with E-state index in [4.69, 9.17) is 0 Å². The number of nitrogens with one attached hydrogen (secondary N) is 1. The van der Waals surface area contributed by atoms with E-state index in [9.17, 15) is 24.5 Å². The first-order valence-electron chi connectivity index (χ1n) is 10.00. The first-order chi connectivity index (χ1) is 16.4. The number of anilines is 2. The highest BCUT2D eigenvalue weighted by Crippen LogP contribution is 2.29. The van der Waals surface area contributed by atoms with Crippen LogP contribution < -0.4 is 10.2 Å². The second-order valence-corrected chi connectivity index (χ2v) is 7.24. The fraction of sp³-hybridized carbons (Fsp3) is 0. The molecule has 166 valence electrons. The number of carbonyl (C=O) groups is 3. The Morgan fingerprint density at radius 2 is 1.53 bits per heavy atom. The number of nitrogens with zero attached hydrogens (tertiary/aromatic N) is 5. The molecule has 0 saturated carbocycles. The van der Waals surface area contributed by atoms with E-state index in [1.807, 2.05) is 0 Å². The summed E-state index contributed by atoms with van der Waals surface area (Å²) in [6.45, 7) is 0. The van der Waals surface area contributed by atoms with Crippen LogP contribution in [0.3, 0.4) is 0 Å². The van der Waals surface area contributed by atoms with Crippen LogP contribution in [-0.4, -0.2) is 37.4 Å². The van der Waals surface area contributed by atoms with E-state index in [1.165, 1.54) is 22.9 Å². The molecule has 0 aliphatic carbocycles. The van der Waals surface area contributed by atoms with Gasteiger partial charge in [0.1, 0.15) is 0 Å². The molecule has 0 unspecified atom stereocenters.